The first kappa shape index (κ1) is 11.3. The predicted molar refractivity (Wildman–Crippen MR) is 67.6 cm³/mol. The largest absolute Gasteiger partial charge is 0.372 e. The van der Waals surface area contributed by atoms with Crippen LogP contribution in [0.15, 0.2) is 35.7 Å². The second kappa shape index (κ2) is 4.36. The molecule has 0 aliphatic heterocycles. The molecule has 2 rings (SSSR count). The van der Waals surface area contributed by atoms with E-state index in [1.807, 2.05) is 32.0 Å². The molecule has 3 heteroatoms. The maximum atomic E-state index is 5.42. The van der Waals surface area contributed by atoms with Crippen molar-refractivity contribution in [1.82, 2.24) is 4.98 Å². The Labute approximate surface area is 99.9 Å². The maximum absolute atomic E-state index is 5.42. The predicted octanol–water partition coefficient (Wildman–Crippen LogP) is 3.69. The van der Waals surface area contributed by atoms with Gasteiger partial charge >= 0.3 is 0 Å². The van der Waals surface area contributed by atoms with E-state index in [1.165, 1.54) is 0 Å². The number of ether oxygens (including phenoxy) is 1. The second-order valence-corrected chi connectivity index (χ2v) is 4.98. The van der Waals surface area contributed by atoms with Crippen LogP contribution in [-0.4, -0.2) is 12.1 Å². The van der Waals surface area contributed by atoms with Crippen LogP contribution in [0, 0.1) is 0 Å². The quantitative estimate of drug-likeness (QED) is 0.806. The lowest BCUT2D eigenvalue weighted by Gasteiger charge is -2.19. The van der Waals surface area contributed by atoms with E-state index in [1.54, 1.807) is 18.4 Å². The van der Waals surface area contributed by atoms with Gasteiger partial charge in [0.2, 0.25) is 0 Å². The van der Waals surface area contributed by atoms with Crippen LogP contribution >= 0.6 is 11.3 Å². The summed E-state index contributed by atoms with van der Waals surface area (Å²) in [5, 5.41) is 3.08. The van der Waals surface area contributed by atoms with Crippen molar-refractivity contribution in [3.63, 3.8) is 0 Å². The minimum absolute atomic E-state index is 0.308. The molecule has 1 heterocycles. The number of hydrogen-bond acceptors (Lipinski definition) is 3. The summed E-state index contributed by atoms with van der Waals surface area (Å²) in [4.78, 5) is 4.62. The van der Waals surface area contributed by atoms with Crippen molar-refractivity contribution in [2.45, 2.75) is 19.4 Å². The van der Waals surface area contributed by atoms with E-state index in [9.17, 15) is 0 Å². The second-order valence-electron chi connectivity index (χ2n) is 4.12. The van der Waals surface area contributed by atoms with Crippen LogP contribution in [0.5, 0.6) is 0 Å². The minimum Gasteiger partial charge on any atom is -0.372 e. The van der Waals surface area contributed by atoms with Crippen molar-refractivity contribution >= 4 is 11.3 Å². The van der Waals surface area contributed by atoms with Crippen LogP contribution in [-0.2, 0) is 10.3 Å². The van der Waals surface area contributed by atoms with E-state index in [-0.39, 0.29) is 5.60 Å². The first-order chi connectivity index (χ1) is 7.63. The van der Waals surface area contributed by atoms with E-state index in [2.05, 4.69) is 22.5 Å². The lowest BCUT2D eigenvalue weighted by atomic mass is 10.1. The Morgan fingerprint density at radius 1 is 1.19 bits per heavy atom. The minimum atomic E-state index is -0.308. The first-order valence-corrected chi connectivity index (χ1v) is 6.08. The van der Waals surface area contributed by atoms with Gasteiger partial charge in [-0.3, -0.25) is 0 Å². The third-order valence-corrected chi connectivity index (χ3v) is 3.75. The van der Waals surface area contributed by atoms with Crippen molar-refractivity contribution in [2.75, 3.05) is 7.11 Å². The topological polar surface area (TPSA) is 22.1 Å². The Morgan fingerprint density at radius 3 is 2.50 bits per heavy atom. The summed E-state index contributed by atoms with van der Waals surface area (Å²) in [6.45, 7) is 4.06. The van der Waals surface area contributed by atoms with E-state index in [4.69, 9.17) is 4.74 Å². The highest BCUT2D eigenvalue weighted by Gasteiger charge is 2.23. The monoisotopic (exact) mass is 233 g/mol. The van der Waals surface area contributed by atoms with Crippen molar-refractivity contribution in [3.05, 3.63) is 40.7 Å². The van der Waals surface area contributed by atoms with Gasteiger partial charge in [0.05, 0.1) is 5.69 Å². The van der Waals surface area contributed by atoms with Crippen molar-refractivity contribution in [1.29, 1.82) is 0 Å². The Hall–Kier alpha value is -1.19. The fourth-order valence-corrected chi connectivity index (χ4v) is 2.31. The molecule has 0 aliphatic carbocycles. The molecular formula is C13H15NOS. The van der Waals surface area contributed by atoms with Crippen molar-refractivity contribution in [3.8, 4) is 11.3 Å². The third-order valence-electron chi connectivity index (χ3n) is 2.60. The van der Waals surface area contributed by atoms with Crippen LogP contribution in [0.2, 0.25) is 0 Å². The van der Waals surface area contributed by atoms with Crippen molar-refractivity contribution < 1.29 is 4.74 Å². The third kappa shape index (κ3) is 2.15. The molecule has 1 aromatic carbocycles. The summed E-state index contributed by atoms with van der Waals surface area (Å²) < 4.78 is 5.42. The molecule has 16 heavy (non-hydrogen) atoms. The average Bonchev–Trinajstić information content (AvgIpc) is 2.80. The lowest BCUT2D eigenvalue weighted by molar-refractivity contribution is 0.0191. The number of thiazole rings is 1. The SMILES string of the molecule is COC(C)(C)c1nc(-c2ccccc2)cs1. The molecule has 2 aromatic rings. The van der Waals surface area contributed by atoms with E-state index >= 15 is 0 Å². The van der Waals surface area contributed by atoms with Gasteiger partial charge in [-0.25, -0.2) is 4.98 Å². The molecule has 1 aromatic heterocycles. The van der Waals surface area contributed by atoms with Gasteiger partial charge in [-0.1, -0.05) is 30.3 Å². The summed E-state index contributed by atoms with van der Waals surface area (Å²) >= 11 is 1.64. The summed E-state index contributed by atoms with van der Waals surface area (Å²) in [6.07, 6.45) is 0. The number of rotatable bonds is 3. The number of hydrogen-bond donors (Lipinski definition) is 0. The highest BCUT2D eigenvalue weighted by molar-refractivity contribution is 7.10. The number of aromatic nitrogens is 1. The Morgan fingerprint density at radius 2 is 1.88 bits per heavy atom. The number of methoxy groups -OCH3 is 1. The summed E-state index contributed by atoms with van der Waals surface area (Å²) in [5.41, 5.74) is 1.86. The molecule has 0 saturated carbocycles. The van der Waals surface area contributed by atoms with Gasteiger partial charge < -0.3 is 4.74 Å². The van der Waals surface area contributed by atoms with Crippen LogP contribution in [0.25, 0.3) is 11.3 Å². The summed E-state index contributed by atoms with van der Waals surface area (Å²) in [5.74, 6) is 0. The van der Waals surface area contributed by atoms with Gasteiger partial charge in [0.25, 0.3) is 0 Å². The van der Waals surface area contributed by atoms with Crippen LogP contribution in [0.4, 0.5) is 0 Å². The zero-order valence-corrected chi connectivity index (χ0v) is 10.5. The van der Waals surface area contributed by atoms with Gasteiger partial charge in [0, 0.05) is 18.1 Å². The molecule has 0 radical (unpaired) electrons. The normalized spacial score (nSPS) is 11.7. The molecular weight excluding hydrogens is 218 g/mol. The van der Waals surface area contributed by atoms with E-state index in [0.29, 0.717) is 0 Å². The molecule has 0 amide bonds. The highest BCUT2D eigenvalue weighted by atomic mass is 32.1. The maximum Gasteiger partial charge on any atom is 0.125 e. The molecule has 84 valence electrons. The molecule has 0 atom stereocenters. The van der Waals surface area contributed by atoms with Gasteiger partial charge in [0.15, 0.2) is 0 Å². The average molecular weight is 233 g/mol. The fraction of sp³-hybridized carbons (Fsp3) is 0.308. The van der Waals surface area contributed by atoms with Gasteiger partial charge in [-0.05, 0) is 13.8 Å². The van der Waals surface area contributed by atoms with E-state index in [0.717, 1.165) is 16.3 Å². The Bertz CT molecular complexity index is 462. The molecule has 0 bridgehead atoms. The molecule has 0 N–H and O–H groups in total. The molecule has 0 saturated heterocycles. The lowest BCUT2D eigenvalue weighted by Crippen LogP contribution is -2.18. The summed E-state index contributed by atoms with van der Waals surface area (Å²) in [6, 6.07) is 10.2. The highest BCUT2D eigenvalue weighted by Crippen LogP contribution is 2.30. The first-order valence-electron chi connectivity index (χ1n) is 5.20. The molecule has 0 unspecified atom stereocenters. The van der Waals surface area contributed by atoms with Crippen molar-refractivity contribution in [2.24, 2.45) is 0 Å². The zero-order valence-electron chi connectivity index (χ0n) is 9.73. The summed E-state index contributed by atoms with van der Waals surface area (Å²) in [7, 11) is 1.71. The number of nitrogens with zero attached hydrogens (tertiary/aromatic N) is 1. The molecule has 0 aliphatic rings. The zero-order chi connectivity index (χ0) is 11.6. The molecule has 0 fully saturated rings. The van der Waals surface area contributed by atoms with Gasteiger partial charge in [-0.15, -0.1) is 11.3 Å². The Kier molecular flexibility index (Phi) is 3.08. The molecule has 0 spiro atoms. The van der Waals surface area contributed by atoms with Crippen LogP contribution < -0.4 is 0 Å². The number of benzene rings is 1. The standard InChI is InChI=1S/C13H15NOS/c1-13(2,15-3)12-14-11(9-16-12)10-7-5-4-6-8-10/h4-9H,1-3H3. The Balaban J connectivity index is 2.34. The molecule has 2 nitrogen and oxygen atoms in total. The van der Waals surface area contributed by atoms with E-state index < -0.39 is 0 Å². The van der Waals surface area contributed by atoms with Gasteiger partial charge in [-0.2, -0.15) is 0 Å². The van der Waals surface area contributed by atoms with Crippen LogP contribution in [0.1, 0.15) is 18.9 Å². The van der Waals surface area contributed by atoms with Gasteiger partial charge in [0.1, 0.15) is 10.6 Å². The smallest absolute Gasteiger partial charge is 0.125 e. The fourth-order valence-electron chi connectivity index (χ4n) is 1.38. The van der Waals surface area contributed by atoms with Crippen LogP contribution in [0.3, 0.4) is 0 Å².